The Kier molecular flexibility index (Phi) is 3.63. The summed E-state index contributed by atoms with van der Waals surface area (Å²) < 4.78 is 27.9. The van der Waals surface area contributed by atoms with E-state index in [1.165, 1.54) is 12.3 Å². The minimum atomic E-state index is -3.37. The number of carbonyl (C=O) groups excluding carboxylic acids is 1. The van der Waals surface area contributed by atoms with Crippen LogP contribution < -0.4 is 5.32 Å². The fourth-order valence-electron chi connectivity index (χ4n) is 1.70. The van der Waals surface area contributed by atoms with Crippen molar-refractivity contribution in [3.63, 3.8) is 0 Å². The van der Waals surface area contributed by atoms with Crippen LogP contribution in [0.5, 0.6) is 0 Å². The number of aromatic nitrogens is 1. The maximum absolute atomic E-state index is 11.8. The molecule has 98 valence electrons. The van der Waals surface area contributed by atoms with Gasteiger partial charge in [0.05, 0.1) is 0 Å². The summed E-state index contributed by atoms with van der Waals surface area (Å²) in [6.07, 6.45) is 3.53. The number of nitrogens with one attached hydrogen (secondary N) is 1. The van der Waals surface area contributed by atoms with Crippen LogP contribution in [0.3, 0.4) is 0 Å². The Morgan fingerprint density at radius 2 is 2.33 bits per heavy atom. The number of hydrogen-bond donors (Lipinski definition) is 1. The Balaban J connectivity index is 2.12. The van der Waals surface area contributed by atoms with Gasteiger partial charge in [0.15, 0.2) is 14.9 Å². The van der Waals surface area contributed by atoms with Gasteiger partial charge in [0.25, 0.3) is 5.91 Å². The molecule has 0 aromatic carbocycles. The summed E-state index contributed by atoms with van der Waals surface area (Å²) in [5.74, 6) is -0.252. The Morgan fingerprint density at radius 3 is 2.94 bits per heavy atom. The van der Waals surface area contributed by atoms with Crippen molar-refractivity contribution in [1.29, 1.82) is 0 Å². The lowest BCUT2D eigenvalue weighted by Gasteiger charge is -2.10. The van der Waals surface area contributed by atoms with Gasteiger partial charge in [-0.15, -0.1) is 0 Å². The first kappa shape index (κ1) is 13.0. The van der Waals surface area contributed by atoms with Gasteiger partial charge in [0.1, 0.15) is 6.10 Å². The summed E-state index contributed by atoms with van der Waals surface area (Å²) in [5.41, 5.74) is 0.408. The Labute approximate surface area is 105 Å². The van der Waals surface area contributed by atoms with Crippen molar-refractivity contribution in [2.75, 3.05) is 18.2 Å². The molecule has 1 aliphatic heterocycles. The van der Waals surface area contributed by atoms with Crippen LogP contribution in [0.15, 0.2) is 23.4 Å². The highest BCUT2D eigenvalue weighted by Gasteiger charge is 2.23. The number of rotatable bonds is 3. The highest BCUT2D eigenvalue weighted by atomic mass is 32.2. The van der Waals surface area contributed by atoms with Crippen LogP contribution in [0, 0.1) is 0 Å². The summed E-state index contributed by atoms with van der Waals surface area (Å²) in [7, 11) is -3.37. The molecule has 2 heterocycles. The molecule has 1 aromatic rings. The Morgan fingerprint density at radius 1 is 1.56 bits per heavy atom. The van der Waals surface area contributed by atoms with E-state index in [0.29, 0.717) is 18.7 Å². The van der Waals surface area contributed by atoms with Crippen LogP contribution in [-0.2, 0) is 19.4 Å². The van der Waals surface area contributed by atoms with Crippen molar-refractivity contribution in [2.24, 2.45) is 0 Å². The lowest BCUT2D eigenvalue weighted by atomic mass is 10.2. The van der Waals surface area contributed by atoms with Crippen molar-refractivity contribution in [3.8, 4) is 0 Å². The van der Waals surface area contributed by atoms with Crippen LogP contribution >= 0.6 is 0 Å². The van der Waals surface area contributed by atoms with E-state index in [4.69, 9.17) is 4.74 Å². The monoisotopic (exact) mass is 270 g/mol. The molecule has 1 saturated heterocycles. The number of hydrogen-bond acceptors (Lipinski definition) is 5. The summed E-state index contributed by atoms with van der Waals surface area (Å²) in [6.45, 7) is 0.586. The minimum absolute atomic E-state index is 0.0624. The molecule has 1 atom stereocenters. The van der Waals surface area contributed by atoms with E-state index in [0.717, 1.165) is 12.7 Å². The zero-order valence-corrected chi connectivity index (χ0v) is 10.7. The minimum Gasteiger partial charge on any atom is -0.368 e. The second-order valence-electron chi connectivity index (χ2n) is 4.15. The van der Waals surface area contributed by atoms with Crippen LogP contribution in [-0.4, -0.2) is 38.3 Å². The second kappa shape index (κ2) is 5.03. The number of amides is 1. The van der Waals surface area contributed by atoms with E-state index in [2.05, 4.69) is 10.3 Å². The van der Waals surface area contributed by atoms with E-state index in [9.17, 15) is 13.2 Å². The highest BCUT2D eigenvalue weighted by molar-refractivity contribution is 7.90. The average molecular weight is 270 g/mol. The first-order valence-corrected chi connectivity index (χ1v) is 7.44. The predicted octanol–water partition coefficient (Wildman–Crippen LogP) is 0.603. The van der Waals surface area contributed by atoms with E-state index < -0.39 is 15.9 Å². The molecule has 6 nitrogen and oxygen atoms in total. The molecular formula is C11H14N2O4S. The first-order valence-electron chi connectivity index (χ1n) is 5.55. The molecular weight excluding hydrogens is 256 g/mol. The normalized spacial score (nSPS) is 19.7. The summed E-state index contributed by atoms with van der Waals surface area (Å²) in [5, 5.41) is 2.57. The SMILES string of the molecule is CS(=O)(=O)c1cc(NC(=O)[C@H]2CCCO2)ccn1. The molecule has 1 aromatic heterocycles. The maximum atomic E-state index is 11.8. The van der Waals surface area contributed by atoms with Crippen LogP contribution in [0.25, 0.3) is 0 Å². The Bertz CT molecular complexity index is 550. The third-order valence-electron chi connectivity index (χ3n) is 2.60. The molecule has 0 spiro atoms. The molecule has 1 amide bonds. The molecule has 0 saturated carbocycles. The van der Waals surface area contributed by atoms with Crippen molar-refractivity contribution in [3.05, 3.63) is 18.3 Å². The number of pyridine rings is 1. The van der Waals surface area contributed by atoms with Crippen LogP contribution in [0.2, 0.25) is 0 Å². The third-order valence-corrected chi connectivity index (χ3v) is 3.59. The molecule has 2 rings (SSSR count). The fourth-order valence-corrected chi connectivity index (χ4v) is 2.29. The second-order valence-corrected chi connectivity index (χ2v) is 6.11. The lowest BCUT2D eigenvalue weighted by Crippen LogP contribution is -2.26. The molecule has 7 heteroatoms. The van der Waals surface area contributed by atoms with E-state index in [-0.39, 0.29) is 10.9 Å². The van der Waals surface area contributed by atoms with E-state index in [1.54, 1.807) is 6.07 Å². The van der Waals surface area contributed by atoms with Crippen molar-refractivity contribution >= 4 is 21.4 Å². The number of ether oxygens (including phenoxy) is 1. The van der Waals surface area contributed by atoms with Gasteiger partial charge >= 0.3 is 0 Å². The van der Waals surface area contributed by atoms with Gasteiger partial charge < -0.3 is 10.1 Å². The molecule has 0 aliphatic carbocycles. The molecule has 1 aliphatic rings. The molecule has 0 radical (unpaired) electrons. The van der Waals surface area contributed by atoms with E-state index >= 15 is 0 Å². The van der Waals surface area contributed by atoms with Gasteiger partial charge in [-0.2, -0.15) is 0 Å². The largest absolute Gasteiger partial charge is 0.368 e. The van der Waals surface area contributed by atoms with Gasteiger partial charge in [0.2, 0.25) is 0 Å². The fraction of sp³-hybridized carbons (Fsp3) is 0.455. The number of sulfone groups is 1. The quantitative estimate of drug-likeness (QED) is 0.869. The zero-order chi connectivity index (χ0) is 13.2. The molecule has 0 bridgehead atoms. The lowest BCUT2D eigenvalue weighted by molar-refractivity contribution is -0.124. The van der Waals surface area contributed by atoms with Gasteiger partial charge in [0, 0.05) is 24.7 Å². The van der Waals surface area contributed by atoms with Gasteiger partial charge in [-0.1, -0.05) is 0 Å². The van der Waals surface area contributed by atoms with Gasteiger partial charge in [-0.25, -0.2) is 13.4 Å². The van der Waals surface area contributed by atoms with Crippen molar-refractivity contribution in [1.82, 2.24) is 4.98 Å². The van der Waals surface area contributed by atoms with Crippen molar-refractivity contribution < 1.29 is 17.9 Å². The number of carbonyl (C=O) groups is 1. The van der Waals surface area contributed by atoms with Crippen molar-refractivity contribution in [2.45, 2.75) is 24.0 Å². The van der Waals surface area contributed by atoms with Crippen LogP contribution in [0.4, 0.5) is 5.69 Å². The highest BCUT2D eigenvalue weighted by Crippen LogP contribution is 2.16. The molecule has 1 N–H and O–H groups in total. The summed E-state index contributed by atoms with van der Waals surface area (Å²) in [6, 6.07) is 2.88. The van der Waals surface area contributed by atoms with Gasteiger partial charge in [-0.05, 0) is 25.0 Å². The van der Waals surface area contributed by atoms with Gasteiger partial charge in [-0.3, -0.25) is 4.79 Å². The third kappa shape index (κ3) is 3.05. The predicted molar refractivity (Wildman–Crippen MR) is 65.0 cm³/mol. The molecule has 1 fully saturated rings. The first-order chi connectivity index (χ1) is 8.47. The zero-order valence-electron chi connectivity index (χ0n) is 9.92. The topological polar surface area (TPSA) is 85.4 Å². The average Bonchev–Trinajstić information content (AvgIpc) is 2.81. The molecule has 18 heavy (non-hydrogen) atoms. The number of anilines is 1. The Hall–Kier alpha value is -1.47. The number of nitrogens with zero attached hydrogens (tertiary/aromatic N) is 1. The maximum Gasteiger partial charge on any atom is 0.253 e. The standard InChI is InChI=1S/C11H14N2O4S/c1-18(15,16)10-7-8(4-5-12-10)13-11(14)9-3-2-6-17-9/h4-5,7,9H,2-3,6H2,1H3,(H,12,13,14)/t9-/m1/s1. The molecule has 0 unspecified atom stereocenters. The van der Waals surface area contributed by atoms with E-state index in [1.807, 2.05) is 0 Å². The summed E-state index contributed by atoms with van der Waals surface area (Å²) in [4.78, 5) is 15.5. The smallest absolute Gasteiger partial charge is 0.253 e. The van der Waals surface area contributed by atoms with Crippen LogP contribution in [0.1, 0.15) is 12.8 Å². The summed E-state index contributed by atoms with van der Waals surface area (Å²) >= 11 is 0.